The Hall–Kier alpha value is -1.36. The number of rotatable bonds is 5. The van der Waals surface area contributed by atoms with Crippen molar-refractivity contribution in [3.8, 4) is 0 Å². The third-order valence-corrected chi connectivity index (χ3v) is 3.44. The summed E-state index contributed by atoms with van der Waals surface area (Å²) in [4.78, 5) is 24.3. The molecule has 1 rings (SSSR count). The number of Topliss-reactive ketones (excluding diaryl/α,β-unsaturated/α-hetero) is 1. The third kappa shape index (κ3) is 5.74. The van der Waals surface area contributed by atoms with Crippen molar-refractivity contribution in [3.05, 3.63) is 30.1 Å². The quantitative estimate of drug-likeness (QED) is 0.474. The number of carbonyl (C=O) groups is 2. The Balaban J connectivity index is 2.52. The first-order chi connectivity index (χ1) is 9.19. The van der Waals surface area contributed by atoms with Gasteiger partial charge in [-0.1, -0.05) is 6.07 Å². The molecule has 3 nitrogen and oxygen atoms in total. The highest BCUT2D eigenvalue weighted by Crippen LogP contribution is 2.20. The normalized spacial score (nSPS) is 12.8. The molecule has 110 valence electrons. The molecule has 1 aromatic rings. The van der Waals surface area contributed by atoms with Crippen LogP contribution in [-0.2, 0) is 14.3 Å². The van der Waals surface area contributed by atoms with E-state index in [4.69, 9.17) is 4.74 Å². The Bertz CT molecular complexity index is 494. The predicted molar refractivity (Wildman–Crippen MR) is 77.1 cm³/mol. The SMILES string of the molecule is CC(C(=O)CSc1cccc(F)c1)C(=O)OC(C)(C)C. The number of thioether (sulfide) groups is 1. The van der Waals surface area contributed by atoms with Gasteiger partial charge in [0, 0.05) is 4.90 Å². The van der Waals surface area contributed by atoms with Crippen LogP contribution in [0.25, 0.3) is 0 Å². The van der Waals surface area contributed by atoms with Gasteiger partial charge in [-0.2, -0.15) is 0 Å². The average molecular weight is 298 g/mol. The molecule has 0 amide bonds. The number of halogens is 1. The maximum Gasteiger partial charge on any atom is 0.316 e. The second kappa shape index (κ2) is 6.88. The Labute approximate surface area is 122 Å². The van der Waals surface area contributed by atoms with Gasteiger partial charge in [-0.05, 0) is 45.9 Å². The zero-order chi connectivity index (χ0) is 15.3. The standard InChI is InChI=1S/C15H19FO3S/c1-10(14(18)19-15(2,3)4)13(17)9-20-12-7-5-6-11(16)8-12/h5-8,10H,9H2,1-4H3. The lowest BCUT2D eigenvalue weighted by Crippen LogP contribution is -2.31. The predicted octanol–water partition coefficient (Wildman–Crippen LogP) is 3.46. The molecule has 0 saturated carbocycles. The van der Waals surface area contributed by atoms with Gasteiger partial charge >= 0.3 is 5.97 Å². The van der Waals surface area contributed by atoms with Crippen molar-refractivity contribution in [3.63, 3.8) is 0 Å². The van der Waals surface area contributed by atoms with Crippen molar-refractivity contribution in [1.29, 1.82) is 0 Å². The van der Waals surface area contributed by atoms with Gasteiger partial charge < -0.3 is 4.74 Å². The van der Waals surface area contributed by atoms with E-state index in [1.165, 1.54) is 30.8 Å². The summed E-state index contributed by atoms with van der Waals surface area (Å²) in [6.07, 6.45) is 0. The molecule has 0 aromatic heterocycles. The summed E-state index contributed by atoms with van der Waals surface area (Å²) < 4.78 is 18.2. The van der Waals surface area contributed by atoms with E-state index in [9.17, 15) is 14.0 Å². The largest absolute Gasteiger partial charge is 0.459 e. The molecule has 0 radical (unpaired) electrons. The number of hydrogen-bond donors (Lipinski definition) is 0. The zero-order valence-corrected chi connectivity index (χ0v) is 12.9. The topological polar surface area (TPSA) is 43.4 Å². The van der Waals surface area contributed by atoms with Crippen LogP contribution < -0.4 is 0 Å². The third-order valence-electron chi connectivity index (χ3n) is 2.42. The van der Waals surface area contributed by atoms with E-state index >= 15 is 0 Å². The molecule has 1 aromatic carbocycles. The minimum Gasteiger partial charge on any atom is -0.459 e. The molecule has 0 spiro atoms. The summed E-state index contributed by atoms with van der Waals surface area (Å²) in [5.74, 6) is -1.79. The van der Waals surface area contributed by atoms with Crippen LogP contribution in [-0.4, -0.2) is 23.1 Å². The first-order valence-electron chi connectivity index (χ1n) is 6.33. The number of ether oxygens (including phenoxy) is 1. The Morgan fingerprint density at radius 1 is 1.35 bits per heavy atom. The summed E-state index contributed by atoms with van der Waals surface area (Å²) >= 11 is 1.21. The highest BCUT2D eigenvalue weighted by Gasteiger charge is 2.26. The average Bonchev–Trinajstić information content (AvgIpc) is 2.33. The van der Waals surface area contributed by atoms with Gasteiger partial charge in [-0.15, -0.1) is 11.8 Å². The fourth-order valence-electron chi connectivity index (χ4n) is 1.36. The van der Waals surface area contributed by atoms with E-state index in [0.717, 1.165) is 0 Å². The molecule has 0 aliphatic heterocycles. The molecule has 5 heteroatoms. The lowest BCUT2D eigenvalue weighted by atomic mass is 10.1. The molecular weight excluding hydrogens is 279 g/mol. The van der Waals surface area contributed by atoms with Crippen molar-refractivity contribution in [1.82, 2.24) is 0 Å². The summed E-state index contributed by atoms with van der Waals surface area (Å²) in [5.41, 5.74) is -0.610. The second-order valence-corrected chi connectivity index (χ2v) is 6.52. The number of ketones is 1. The van der Waals surface area contributed by atoms with E-state index in [0.29, 0.717) is 4.90 Å². The minimum absolute atomic E-state index is 0.115. The second-order valence-electron chi connectivity index (χ2n) is 5.47. The molecule has 0 aliphatic rings. The lowest BCUT2D eigenvalue weighted by Gasteiger charge is -2.21. The van der Waals surface area contributed by atoms with E-state index in [1.54, 1.807) is 32.9 Å². The van der Waals surface area contributed by atoms with Crippen molar-refractivity contribution in [2.75, 3.05) is 5.75 Å². The van der Waals surface area contributed by atoms with Gasteiger partial charge in [0.15, 0.2) is 5.78 Å². The van der Waals surface area contributed by atoms with E-state index in [2.05, 4.69) is 0 Å². The maximum atomic E-state index is 13.0. The molecule has 0 aliphatic carbocycles. The van der Waals surface area contributed by atoms with Crippen LogP contribution in [0.3, 0.4) is 0 Å². The van der Waals surface area contributed by atoms with E-state index in [-0.39, 0.29) is 17.4 Å². The van der Waals surface area contributed by atoms with Crippen LogP contribution in [0, 0.1) is 11.7 Å². The molecular formula is C15H19FO3S. The molecule has 0 fully saturated rings. The van der Waals surface area contributed by atoms with Gasteiger partial charge in [0.2, 0.25) is 0 Å². The number of hydrogen-bond acceptors (Lipinski definition) is 4. The zero-order valence-electron chi connectivity index (χ0n) is 12.1. The molecule has 20 heavy (non-hydrogen) atoms. The molecule has 0 bridgehead atoms. The van der Waals surface area contributed by atoms with Crippen molar-refractivity contribution < 1.29 is 18.7 Å². The molecule has 1 unspecified atom stereocenters. The first-order valence-corrected chi connectivity index (χ1v) is 7.31. The fraction of sp³-hybridized carbons (Fsp3) is 0.467. The fourth-order valence-corrected chi connectivity index (χ4v) is 2.29. The molecule has 1 atom stereocenters. The summed E-state index contributed by atoms with van der Waals surface area (Å²) in [7, 11) is 0. The summed E-state index contributed by atoms with van der Waals surface area (Å²) in [6.45, 7) is 6.79. The first kappa shape index (κ1) is 16.7. The number of benzene rings is 1. The highest BCUT2D eigenvalue weighted by molar-refractivity contribution is 8.00. The van der Waals surface area contributed by atoms with Crippen LogP contribution in [0.15, 0.2) is 29.2 Å². The van der Waals surface area contributed by atoms with Gasteiger partial charge in [-0.3, -0.25) is 9.59 Å². The van der Waals surface area contributed by atoms with E-state index in [1.807, 2.05) is 0 Å². The van der Waals surface area contributed by atoms with Crippen molar-refractivity contribution in [2.45, 2.75) is 38.2 Å². The minimum atomic E-state index is -0.810. The summed E-state index contributed by atoms with van der Waals surface area (Å²) in [6, 6.07) is 6.00. The van der Waals surface area contributed by atoms with Crippen molar-refractivity contribution in [2.24, 2.45) is 5.92 Å². The van der Waals surface area contributed by atoms with Gasteiger partial charge in [-0.25, -0.2) is 4.39 Å². The maximum absolute atomic E-state index is 13.0. The lowest BCUT2D eigenvalue weighted by molar-refractivity contribution is -0.160. The Kier molecular flexibility index (Phi) is 5.74. The molecule has 0 heterocycles. The van der Waals surface area contributed by atoms with Gasteiger partial charge in [0.25, 0.3) is 0 Å². The Morgan fingerprint density at radius 2 is 2.00 bits per heavy atom. The van der Waals surface area contributed by atoms with Crippen LogP contribution in [0.2, 0.25) is 0 Å². The van der Waals surface area contributed by atoms with Crippen molar-refractivity contribution >= 4 is 23.5 Å². The van der Waals surface area contributed by atoms with Crippen LogP contribution in [0.4, 0.5) is 4.39 Å². The molecule has 0 saturated heterocycles. The van der Waals surface area contributed by atoms with Gasteiger partial charge in [0.05, 0.1) is 5.75 Å². The smallest absolute Gasteiger partial charge is 0.316 e. The van der Waals surface area contributed by atoms with Crippen LogP contribution in [0.5, 0.6) is 0 Å². The molecule has 0 N–H and O–H groups in total. The summed E-state index contributed by atoms with van der Waals surface area (Å²) in [5, 5.41) is 0. The monoisotopic (exact) mass is 298 g/mol. The van der Waals surface area contributed by atoms with Crippen LogP contribution >= 0.6 is 11.8 Å². The number of esters is 1. The van der Waals surface area contributed by atoms with E-state index < -0.39 is 17.5 Å². The van der Waals surface area contributed by atoms with Crippen LogP contribution in [0.1, 0.15) is 27.7 Å². The Morgan fingerprint density at radius 3 is 2.55 bits per heavy atom. The highest BCUT2D eigenvalue weighted by atomic mass is 32.2. The van der Waals surface area contributed by atoms with Gasteiger partial charge in [0.1, 0.15) is 17.3 Å². The number of carbonyl (C=O) groups excluding carboxylic acids is 2.